The molecule has 3 rings (SSSR count). The first-order valence-electron chi connectivity index (χ1n) is 8.27. The van der Waals surface area contributed by atoms with Crippen LogP contribution in [0.3, 0.4) is 0 Å². The average Bonchev–Trinajstić information content (AvgIpc) is 2.99. The molecule has 0 radical (unpaired) electrons. The van der Waals surface area contributed by atoms with E-state index >= 15 is 0 Å². The number of rotatable bonds is 6. The van der Waals surface area contributed by atoms with Crippen molar-refractivity contribution >= 4 is 6.08 Å². The van der Waals surface area contributed by atoms with Crippen molar-refractivity contribution in [3.8, 4) is 23.0 Å². The fourth-order valence-electron chi connectivity index (χ4n) is 2.56. The molecule has 3 aromatic rings. The first-order valence-corrected chi connectivity index (χ1v) is 8.27. The van der Waals surface area contributed by atoms with E-state index in [2.05, 4.69) is 4.98 Å². The van der Waals surface area contributed by atoms with Gasteiger partial charge in [-0.05, 0) is 38.1 Å². The number of nitrogens with zero attached hydrogens (tertiary/aromatic N) is 1. The van der Waals surface area contributed by atoms with E-state index in [1.54, 1.807) is 6.07 Å². The van der Waals surface area contributed by atoms with Crippen LogP contribution in [0.2, 0.25) is 0 Å². The van der Waals surface area contributed by atoms with E-state index in [-0.39, 0.29) is 5.75 Å². The number of benzene rings is 2. The fourth-order valence-corrected chi connectivity index (χ4v) is 2.56. The van der Waals surface area contributed by atoms with E-state index in [0.29, 0.717) is 24.7 Å². The largest absolute Gasteiger partial charge is 0.507 e. The van der Waals surface area contributed by atoms with Gasteiger partial charge in [0.1, 0.15) is 17.3 Å². The molecule has 0 amide bonds. The molecular weight excluding hydrogens is 314 g/mol. The molecule has 0 saturated carbocycles. The lowest BCUT2D eigenvalue weighted by Crippen LogP contribution is -2.02. The summed E-state index contributed by atoms with van der Waals surface area (Å²) < 4.78 is 11.5. The van der Waals surface area contributed by atoms with Gasteiger partial charge in [-0.15, -0.1) is 0 Å². The zero-order valence-corrected chi connectivity index (χ0v) is 14.4. The highest BCUT2D eigenvalue weighted by molar-refractivity contribution is 5.58. The van der Waals surface area contributed by atoms with Crippen LogP contribution in [0.15, 0.2) is 59.0 Å². The summed E-state index contributed by atoms with van der Waals surface area (Å²) in [6.45, 7) is 4.28. The van der Waals surface area contributed by atoms with Crippen LogP contribution in [0.5, 0.6) is 11.5 Å². The molecule has 2 aromatic carbocycles. The predicted octanol–water partition coefficient (Wildman–Crippen LogP) is 5.01. The van der Waals surface area contributed by atoms with Gasteiger partial charge in [-0.2, -0.15) is 0 Å². The molecule has 4 heteroatoms. The third-order valence-corrected chi connectivity index (χ3v) is 3.87. The van der Waals surface area contributed by atoms with Crippen molar-refractivity contribution < 1.29 is 14.3 Å². The van der Waals surface area contributed by atoms with Gasteiger partial charge in [-0.3, -0.25) is 0 Å². The topological polar surface area (TPSA) is 55.5 Å². The van der Waals surface area contributed by atoms with E-state index in [4.69, 9.17) is 9.15 Å². The molecule has 1 N–H and O–H groups in total. The van der Waals surface area contributed by atoms with Crippen LogP contribution in [0.25, 0.3) is 17.5 Å². The number of phenolic OH excluding ortho intramolecular Hbond substituents is 1. The second kappa shape index (κ2) is 7.71. The molecule has 0 fully saturated rings. The average molecular weight is 335 g/mol. The minimum absolute atomic E-state index is 0.208. The van der Waals surface area contributed by atoms with Crippen LogP contribution in [0, 0.1) is 6.92 Å². The van der Waals surface area contributed by atoms with Crippen LogP contribution in [-0.4, -0.2) is 16.7 Å². The number of oxazole rings is 1. The molecular formula is C21H21NO3. The highest BCUT2D eigenvalue weighted by atomic mass is 16.5. The maximum atomic E-state index is 9.95. The second-order valence-electron chi connectivity index (χ2n) is 5.71. The summed E-state index contributed by atoms with van der Waals surface area (Å²) in [7, 11) is 0. The molecule has 1 aromatic heterocycles. The van der Waals surface area contributed by atoms with E-state index < -0.39 is 0 Å². The van der Waals surface area contributed by atoms with Crippen LogP contribution < -0.4 is 4.74 Å². The summed E-state index contributed by atoms with van der Waals surface area (Å²) >= 11 is 0. The van der Waals surface area contributed by atoms with E-state index in [9.17, 15) is 5.11 Å². The van der Waals surface area contributed by atoms with Gasteiger partial charge in [0.15, 0.2) is 0 Å². The van der Waals surface area contributed by atoms with E-state index in [0.717, 1.165) is 22.6 Å². The number of aryl methyl sites for hydroxylation is 1. The maximum Gasteiger partial charge on any atom is 0.226 e. The molecule has 1 heterocycles. The molecule has 0 unspecified atom stereocenters. The number of hydrogen-bond acceptors (Lipinski definition) is 4. The van der Waals surface area contributed by atoms with E-state index in [1.807, 2.05) is 68.5 Å². The Labute approximate surface area is 147 Å². The minimum atomic E-state index is 0.208. The third-order valence-electron chi connectivity index (χ3n) is 3.87. The van der Waals surface area contributed by atoms with Gasteiger partial charge in [-0.1, -0.05) is 30.4 Å². The van der Waals surface area contributed by atoms with E-state index in [1.165, 1.54) is 0 Å². The smallest absolute Gasteiger partial charge is 0.226 e. The molecule has 0 bridgehead atoms. The first kappa shape index (κ1) is 16.8. The summed E-state index contributed by atoms with van der Waals surface area (Å²) in [5.41, 5.74) is 2.62. The Kier molecular flexibility index (Phi) is 5.19. The van der Waals surface area contributed by atoms with Gasteiger partial charge >= 0.3 is 0 Å². The van der Waals surface area contributed by atoms with Crippen molar-refractivity contribution in [3.05, 3.63) is 71.6 Å². The minimum Gasteiger partial charge on any atom is -0.507 e. The summed E-state index contributed by atoms with van der Waals surface area (Å²) in [6.07, 6.45) is 4.37. The molecule has 25 heavy (non-hydrogen) atoms. The van der Waals surface area contributed by atoms with Crippen molar-refractivity contribution in [3.63, 3.8) is 0 Å². The van der Waals surface area contributed by atoms with Gasteiger partial charge in [-0.25, -0.2) is 4.98 Å². The highest BCUT2D eigenvalue weighted by Crippen LogP contribution is 2.25. The van der Waals surface area contributed by atoms with Crippen LogP contribution >= 0.6 is 0 Å². The van der Waals surface area contributed by atoms with Gasteiger partial charge < -0.3 is 14.3 Å². The number of hydrogen-bond donors (Lipinski definition) is 1. The number of phenols is 1. The van der Waals surface area contributed by atoms with Crippen LogP contribution in [0.4, 0.5) is 0 Å². The lowest BCUT2D eigenvalue weighted by molar-refractivity contribution is 0.318. The quantitative estimate of drug-likeness (QED) is 0.688. The summed E-state index contributed by atoms with van der Waals surface area (Å²) in [6, 6.07) is 15.1. The molecule has 4 nitrogen and oxygen atoms in total. The Bertz CT molecular complexity index is 866. The maximum absolute atomic E-state index is 9.95. The van der Waals surface area contributed by atoms with Crippen molar-refractivity contribution in [1.82, 2.24) is 4.98 Å². The monoisotopic (exact) mass is 335 g/mol. The van der Waals surface area contributed by atoms with Crippen molar-refractivity contribution in [2.24, 2.45) is 0 Å². The standard InChI is InChI=1S/C21H21NO3/c1-3-7-16-10-11-18(14-20(16)23)24-13-12-19-15(2)25-21(22-19)17-8-5-4-6-9-17/h3-11,14,23H,12-13H2,1-2H3/b7-3-. The molecule has 0 spiro atoms. The van der Waals surface area contributed by atoms with Gasteiger partial charge in [0.2, 0.25) is 5.89 Å². The Hall–Kier alpha value is -3.01. The number of ether oxygens (including phenoxy) is 1. The van der Waals surface area contributed by atoms with Crippen molar-refractivity contribution in [1.29, 1.82) is 0 Å². The molecule has 0 saturated heterocycles. The Morgan fingerprint density at radius 3 is 2.68 bits per heavy atom. The normalized spacial score (nSPS) is 11.1. The Morgan fingerprint density at radius 1 is 1.16 bits per heavy atom. The zero-order chi connectivity index (χ0) is 17.6. The SMILES string of the molecule is C/C=C\c1ccc(OCCc2nc(-c3ccccc3)oc2C)cc1O. The third kappa shape index (κ3) is 4.10. The van der Waals surface area contributed by atoms with Crippen LogP contribution in [0.1, 0.15) is 23.9 Å². The van der Waals surface area contributed by atoms with Crippen molar-refractivity contribution in [2.75, 3.05) is 6.61 Å². The number of aromatic hydroxyl groups is 1. The second-order valence-corrected chi connectivity index (χ2v) is 5.71. The fraction of sp³-hybridized carbons (Fsp3) is 0.190. The molecule has 0 atom stereocenters. The molecule has 0 aliphatic heterocycles. The number of allylic oxidation sites excluding steroid dienone is 1. The Balaban J connectivity index is 1.63. The Morgan fingerprint density at radius 2 is 1.96 bits per heavy atom. The first-order chi connectivity index (χ1) is 12.2. The molecule has 0 aliphatic carbocycles. The predicted molar refractivity (Wildman–Crippen MR) is 98.7 cm³/mol. The van der Waals surface area contributed by atoms with Crippen LogP contribution in [-0.2, 0) is 6.42 Å². The van der Waals surface area contributed by atoms with Gasteiger partial charge in [0, 0.05) is 23.6 Å². The van der Waals surface area contributed by atoms with Gasteiger partial charge in [0.05, 0.1) is 12.3 Å². The van der Waals surface area contributed by atoms with Gasteiger partial charge in [0.25, 0.3) is 0 Å². The summed E-state index contributed by atoms with van der Waals surface area (Å²) in [5.74, 6) is 2.27. The molecule has 0 aliphatic rings. The summed E-state index contributed by atoms with van der Waals surface area (Å²) in [4.78, 5) is 4.56. The van der Waals surface area contributed by atoms with Crippen molar-refractivity contribution in [2.45, 2.75) is 20.3 Å². The zero-order valence-electron chi connectivity index (χ0n) is 14.4. The molecule has 128 valence electrons. The summed E-state index contributed by atoms with van der Waals surface area (Å²) in [5, 5.41) is 9.95. The lowest BCUT2D eigenvalue weighted by atomic mass is 10.2. The number of aromatic nitrogens is 1. The highest BCUT2D eigenvalue weighted by Gasteiger charge is 2.11. The lowest BCUT2D eigenvalue weighted by Gasteiger charge is -2.07.